The molecule has 1 amide bonds. The molecular weight excluding hydrogens is 552 g/mol. The molecule has 2 heterocycles. The van der Waals surface area contributed by atoms with Gasteiger partial charge in [0, 0.05) is 10.6 Å². The van der Waals surface area contributed by atoms with Crippen LogP contribution in [0.15, 0.2) is 66.2 Å². The van der Waals surface area contributed by atoms with E-state index in [-0.39, 0.29) is 11.3 Å². The van der Waals surface area contributed by atoms with Gasteiger partial charge < -0.3 is 19.3 Å². The van der Waals surface area contributed by atoms with Crippen LogP contribution < -0.4 is 19.1 Å². The van der Waals surface area contributed by atoms with Crippen LogP contribution in [0.4, 0.5) is 5.13 Å². The summed E-state index contributed by atoms with van der Waals surface area (Å²) < 4.78 is 17.8. The van der Waals surface area contributed by atoms with Crippen molar-refractivity contribution in [1.82, 2.24) is 4.98 Å². The minimum absolute atomic E-state index is 0.0574. The standard InChI is InChI=1S/C30H27ClN2O6S/c1-4-37-20-11-7-17(8-12-20)27(34)25-26(18-9-14-22(38-5-2)23(15-18)39-6-3)33(29(36)28(25)35)30-32-21-13-10-19(31)16-24(21)40-30/h7-16,26,34H,4-6H2,1-3H3/b27-25+. The number of nitrogens with zero attached hydrogens (tertiary/aromatic N) is 2. The highest BCUT2D eigenvalue weighted by atomic mass is 35.5. The molecule has 1 unspecified atom stereocenters. The second-order valence-corrected chi connectivity index (χ2v) is 10.3. The van der Waals surface area contributed by atoms with Crippen LogP contribution in [0.5, 0.6) is 17.2 Å². The third-order valence-corrected chi connectivity index (χ3v) is 7.56. The van der Waals surface area contributed by atoms with Gasteiger partial charge in [-0.3, -0.25) is 14.5 Å². The van der Waals surface area contributed by atoms with Gasteiger partial charge in [-0.05, 0) is 80.9 Å². The van der Waals surface area contributed by atoms with Crippen molar-refractivity contribution in [2.24, 2.45) is 0 Å². The fourth-order valence-corrected chi connectivity index (χ4v) is 5.87. The molecule has 40 heavy (non-hydrogen) atoms. The van der Waals surface area contributed by atoms with Crippen LogP contribution in [0.1, 0.15) is 37.9 Å². The normalized spacial score (nSPS) is 16.5. The average Bonchev–Trinajstić information content (AvgIpc) is 3.47. The summed E-state index contributed by atoms with van der Waals surface area (Å²) in [6, 6.07) is 16.2. The first-order chi connectivity index (χ1) is 19.4. The van der Waals surface area contributed by atoms with Crippen LogP contribution in [0, 0.1) is 0 Å². The molecule has 1 aromatic heterocycles. The Hall–Kier alpha value is -4.08. The number of aliphatic hydroxyl groups is 1. The smallest absolute Gasteiger partial charge is 0.301 e. The summed E-state index contributed by atoms with van der Waals surface area (Å²) in [5.41, 5.74) is 1.51. The van der Waals surface area contributed by atoms with Crippen LogP contribution in [-0.4, -0.2) is 41.6 Å². The maximum atomic E-state index is 13.6. The van der Waals surface area contributed by atoms with Crippen molar-refractivity contribution in [3.63, 3.8) is 0 Å². The van der Waals surface area contributed by atoms with Gasteiger partial charge in [-0.1, -0.05) is 29.0 Å². The number of ether oxygens (including phenoxy) is 3. The number of ketones is 1. The second kappa shape index (κ2) is 11.6. The maximum absolute atomic E-state index is 13.6. The molecule has 1 N–H and O–H groups in total. The number of carbonyl (C=O) groups is 2. The van der Waals surface area contributed by atoms with E-state index in [1.54, 1.807) is 60.7 Å². The Kier molecular flexibility index (Phi) is 7.95. The van der Waals surface area contributed by atoms with Crippen LogP contribution in [0.25, 0.3) is 16.0 Å². The highest BCUT2D eigenvalue weighted by Crippen LogP contribution is 2.46. The molecule has 1 aliphatic heterocycles. The van der Waals surface area contributed by atoms with Crippen molar-refractivity contribution >= 4 is 55.7 Å². The molecule has 0 spiro atoms. The summed E-state index contributed by atoms with van der Waals surface area (Å²) in [6.07, 6.45) is 0. The van der Waals surface area contributed by atoms with Gasteiger partial charge in [-0.25, -0.2) is 4.98 Å². The Labute approximate surface area is 240 Å². The van der Waals surface area contributed by atoms with Crippen molar-refractivity contribution < 1.29 is 28.9 Å². The zero-order valence-corrected chi connectivity index (χ0v) is 23.7. The Morgan fingerprint density at radius 2 is 1.62 bits per heavy atom. The lowest BCUT2D eigenvalue weighted by atomic mass is 9.95. The highest BCUT2D eigenvalue weighted by molar-refractivity contribution is 7.22. The summed E-state index contributed by atoms with van der Waals surface area (Å²) in [6.45, 7) is 6.90. The Morgan fingerprint density at radius 3 is 2.33 bits per heavy atom. The molecule has 4 aromatic rings. The number of hydrogen-bond acceptors (Lipinski definition) is 8. The van der Waals surface area contributed by atoms with Gasteiger partial charge in [-0.2, -0.15) is 0 Å². The van der Waals surface area contributed by atoms with E-state index in [2.05, 4.69) is 4.98 Å². The summed E-state index contributed by atoms with van der Waals surface area (Å²) >= 11 is 7.42. The van der Waals surface area contributed by atoms with E-state index in [9.17, 15) is 14.7 Å². The lowest BCUT2D eigenvalue weighted by molar-refractivity contribution is -0.132. The SMILES string of the molecule is CCOc1ccc(/C(O)=C2\C(=O)C(=O)N(c3nc4ccc(Cl)cc4s3)C2c2ccc(OCC)c(OCC)c2)cc1. The van der Waals surface area contributed by atoms with E-state index in [1.807, 2.05) is 20.8 Å². The maximum Gasteiger partial charge on any atom is 0.301 e. The first-order valence-corrected chi connectivity index (χ1v) is 14.1. The molecule has 206 valence electrons. The van der Waals surface area contributed by atoms with Crippen molar-refractivity contribution in [1.29, 1.82) is 0 Å². The number of aliphatic hydroxyl groups excluding tert-OH is 1. The number of carbonyl (C=O) groups excluding carboxylic acids is 2. The lowest BCUT2D eigenvalue weighted by Crippen LogP contribution is -2.29. The molecule has 0 aliphatic carbocycles. The van der Waals surface area contributed by atoms with Crippen LogP contribution >= 0.6 is 22.9 Å². The number of anilines is 1. The average molecular weight is 579 g/mol. The number of amides is 1. The van der Waals surface area contributed by atoms with Gasteiger partial charge in [0.2, 0.25) is 0 Å². The predicted molar refractivity (Wildman–Crippen MR) is 156 cm³/mol. The molecule has 0 bridgehead atoms. The molecule has 5 rings (SSSR count). The quantitative estimate of drug-likeness (QED) is 0.133. The minimum Gasteiger partial charge on any atom is -0.507 e. The number of rotatable bonds is 9. The number of hydrogen-bond donors (Lipinski definition) is 1. The minimum atomic E-state index is -0.975. The van der Waals surface area contributed by atoms with Crippen molar-refractivity contribution in [2.75, 3.05) is 24.7 Å². The molecule has 0 radical (unpaired) electrons. The molecule has 1 atom stereocenters. The third kappa shape index (κ3) is 5.10. The second-order valence-electron chi connectivity index (χ2n) is 8.81. The number of benzene rings is 3. The molecule has 3 aromatic carbocycles. The predicted octanol–water partition coefficient (Wildman–Crippen LogP) is 6.77. The fraction of sp³-hybridized carbons (Fsp3) is 0.233. The van der Waals surface area contributed by atoms with Gasteiger partial charge in [0.15, 0.2) is 16.6 Å². The molecular formula is C30H27ClN2O6S. The van der Waals surface area contributed by atoms with Gasteiger partial charge in [0.25, 0.3) is 5.78 Å². The third-order valence-electron chi connectivity index (χ3n) is 6.31. The fourth-order valence-electron chi connectivity index (χ4n) is 4.60. The molecule has 1 aliphatic rings. The number of Topliss-reactive ketones (excluding diaryl/α,β-unsaturated/α-hetero) is 1. The molecule has 10 heteroatoms. The summed E-state index contributed by atoms with van der Waals surface area (Å²) in [5.74, 6) is -0.298. The van der Waals surface area contributed by atoms with Crippen molar-refractivity contribution in [3.8, 4) is 17.2 Å². The van der Waals surface area contributed by atoms with E-state index < -0.39 is 17.7 Å². The van der Waals surface area contributed by atoms with Gasteiger partial charge in [0.1, 0.15) is 11.5 Å². The molecule has 1 saturated heterocycles. The molecule has 8 nitrogen and oxygen atoms in total. The van der Waals surface area contributed by atoms with E-state index in [0.29, 0.717) is 63.9 Å². The van der Waals surface area contributed by atoms with Crippen LogP contribution in [0.2, 0.25) is 5.02 Å². The number of thiazole rings is 1. The zero-order chi connectivity index (χ0) is 28.4. The van der Waals surface area contributed by atoms with E-state index in [4.69, 9.17) is 25.8 Å². The lowest BCUT2D eigenvalue weighted by Gasteiger charge is -2.24. The van der Waals surface area contributed by atoms with E-state index in [1.165, 1.54) is 16.2 Å². The zero-order valence-electron chi connectivity index (χ0n) is 22.1. The van der Waals surface area contributed by atoms with Crippen LogP contribution in [0.3, 0.4) is 0 Å². The Bertz CT molecular complexity index is 1610. The molecule has 1 fully saturated rings. The van der Waals surface area contributed by atoms with E-state index in [0.717, 1.165) is 4.70 Å². The monoisotopic (exact) mass is 578 g/mol. The molecule has 0 saturated carbocycles. The van der Waals surface area contributed by atoms with Gasteiger partial charge in [0.05, 0.1) is 41.7 Å². The summed E-state index contributed by atoms with van der Waals surface area (Å²) in [4.78, 5) is 33.1. The Balaban J connectivity index is 1.70. The number of halogens is 1. The van der Waals surface area contributed by atoms with E-state index >= 15 is 0 Å². The highest BCUT2D eigenvalue weighted by Gasteiger charge is 2.48. The van der Waals surface area contributed by atoms with Crippen molar-refractivity contribution in [2.45, 2.75) is 26.8 Å². The summed E-state index contributed by atoms with van der Waals surface area (Å²) in [7, 11) is 0. The van der Waals surface area contributed by atoms with Gasteiger partial charge >= 0.3 is 5.91 Å². The number of fused-ring (bicyclic) bond motifs is 1. The first-order valence-electron chi connectivity index (χ1n) is 12.9. The topological polar surface area (TPSA) is 98.2 Å². The largest absolute Gasteiger partial charge is 0.507 e. The van der Waals surface area contributed by atoms with Crippen molar-refractivity contribution in [3.05, 3.63) is 82.4 Å². The number of aromatic nitrogens is 1. The summed E-state index contributed by atoms with van der Waals surface area (Å²) in [5, 5.41) is 12.3. The first kappa shape index (κ1) is 27.5. The van der Waals surface area contributed by atoms with Crippen LogP contribution in [-0.2, 0) is 9.59 Å². The van der Waals surface area contributed by atoms with Gasteiger partial charge in [-0.15, -0.1) is 0 Å². The Morgan fingerprint density at radius 1 is 0.925 bits per heavy atom.